The normalized spacial score (nSPS) is 10.3. The number of ether oxygens (including phenoxy) is 1. The molecule has 0 radical (unpaired) electrons. The summed E-state index contributed by atoms with van der Waals surface area (Å²) in [6, 6.07) is 8.32. The predicted octanol–water partition coefficient (Wildman–Crippen LogP) is 2.52. The van der Waals surface area contributed by atoms with E-state index in [1.54, 1.807) is 18.2 Å². The maximum atomic E-state index is 12.2. The minimum Gasteiger partial charge on any atom is -0.451 e. The standard InChI is InChI=1S/C18H13ClN2O4/c1-2-12-10-14(22)25-17-15(12)16(23)20-18(21-17)24-8-4-6-11-5-3-7-13(19)9-11/h3,5,7,9-10H,2,8H2,1H3,(H,20,21,23). The Bertz CT molecular complexity index is 1110. The van der Waals surface area contributed by atoms with Crippen LogP contribution in [-0.4, -0.2) is 16.6 Å². The van der Waals surface area contributed by atoms with Crippen molar-refractivity contribution >= 4 is 22.7 Å². The van der Waals surface area contributed by atoms with E-state index >= 15 is 0 Å². The van der Waals surface area contributed by atoms with Gasteiger partial charge in [0.05, 0.1) is 0 Å². The third kappa shape index (κ3) is 3.90. The monoisotopic (exact) mass is 356 g/mol. The highest BCUT2D eigenvalue weighted by molar-refractivity contribution is 6.30. The summed E-state index contributed by atoms with van der Waals surface area (Å²) in [6.45, 7) is 1.84. The summed E-state index contributed by atoms with van der Waals surface area (Å²) in [5.74, 6) is 5.68. The number of aromatic nitrogens is 2. The van der Waals surface area contributed by atoms with E-state index in [2.05, 4.69) is 21.8 Å². The Kier molecular flexibility index (Phi) is 4.87. The van der Waals surface area contributed by atoms with E-state index in [9.17, 15) is 9.59 Å². The second-order valence-corrected chi connectivity index (χ2v) is 5.53. The second kappa shape index (κ2) is 7.24. The Morgan fingerprint density at radius 1 is 1.32 bits per heavy atom. The highest BCUT2D eigenvalue weighted by atomic mass is 35.5. The first kappa shape index (κ1) is 16.8. The second-order valence-electron chi connectivity index (χ2n) is 5.10. The number of H-pyrrole nitrogens is 1. The molecule has 0 fully saturated rings. The van der Waals surface area contributed by atoms with Crippen LogP contribution in [0, 0.1) is 11.8 Å². The molecule has 0 unspecified atom stereocenters. The van der Waals surface area contributed by atoms with Gasteiger partial charge in [-0.2, -0.15) is 4.98 Å². The summed E-state index contributed by atoms with van der Waals surface area (Å²) in [7, 11) is 0. The molecule has 6 nitrogen and oxygen atoms in total. The van der Waals surface area contributed by atoms with Crippen LogP contribution < -0.4 is 15.9 Å². The molecular weight excluding hydrogens is 344 g/mol. The molecule has 2 aromatic heterocycles. The molecule has 3 aromatic rings. The summed E-state index contributed by atoms with van der Waals surface area (Å²) in [5.41, 5.74) is 0.283. The average molecular weight is 357 g/mol. The first-order valence-electron chi connectivity index (χ1n) is 7.51. The van der Waals surface area contributed by atoms with Crippen LogP contribution in [0.4, 0.5) is 0 Å². The number of hydrogen-bond donors (Lipinski definition) is 1. The number of nitrogens with one attached hydrogen (secondary N) is 1. The fourth-order valence-corrected chi connectivity index (χ4v) is 2.48. The fraction of sp³-hybridized carbons (Fsp3) is 0.167. The number of nitrogens with zero attached hydrogens (tertiary/aromatic N) is 1. The Morgan fingerprint density at radius 2 is 2.16 bits per heavy atom. The lowest BCUT2D eigenvalue weighted by Gasteiger charge is -2.04. The Labute approximate surface area is 147 Å². The highest BCUT2D eigenvalue weighted by Gasteiger charge is 2.11. The Balaban J connectivity index is 1.83. The van der Waals surface area contributed by atoms with Gasteiger partial charge in [0.1, 0.15) is 5.39 Å². The first-order chi connectivity index (χ1) is 12.1. The highest BCUT2D eigenvalue weighted by Crippen LogP contribution is 2.13. The van der Waals surface area contributed by atoms with Crippen molar-refractivity contribution < 1.29 is 9.15 Å². The van der Waals surface area contributed by atoms with Gasteiger partial charge in [0, 0.05) is 16.7 Å². The number of hydrogen-bond acceptors (Lipinski definition) is 5. The number of fused-ring (bicyclic) bond motifs is 1. The average Bonchev–Trinajstić information content (AvgIpc) is 2.57. The Morgan fingerprint density at radius 3 is 2.92 bits per heavy atom. The van der Waals surface area contributed by atoms with Gasteiger partial charge in [-0.1, -0.05) is 36.4 Å². The van der Waals surface area contributed by atoms with Crippen molar-refractivity contribution in [2.24, 2.45) is 0 Å². The molecule has 7 heteroatoms. The van der Waals surface area contributed by atoms with E-state index in [1.165, 1.54) is 6.07 Å². The van der Waals surface area contributed by atoms with Crippen LogP contribution in [0.1, 0.15) is 18.1 Å². The summed E-state index contributed by atoms with van der Waals surface area (Å²) < 4.78 is 10.3. The largest absolute Gasteiger partial charge is 0.451 e. The van der Waals surface area contributed by atoms with E-state index in [-0.39, 0.29) is 23.7 Å². The number of aryl methyl sites for hydroxylation is 1. The summed E-state index contributed by atoms with van der Waals surface area (Å²) in [6.07, 6.45) is 0.512. The van der Waals surface area contributed by atoms with Crippen LogP contribution >= 0.6 is 11.6 Å². The quantitative estimate of drug-likeness (QED) is 0.729. The molecule has 1 N–H and O–H groups in total. The molecule has 0 saturated heterocycles. The van der Waals surface area contributed by atoms with Crippen LogP contribution in [0.2, 0.25) is 5.02 Å². The lowest BCUT2D eigenvalue weighted by Crippen LogP contribution is -2.15. The molecule has 0 spiro atoms. The summed E-state index contributed by atoms with van der Waals surface area (Å²) in [5, 5.41) is 0.842. The molecule has 25 heavy (non-hydrogen) atoms. The van der Waals surface area contributed by atoms with Crippen molar-refractivity contribution in [2.45, 2.75) is 13.3 Å². The molecule has 0 atom stereocenters. The minimum atomic E-state index is -0.561. The van der Waals surface area contributed by atoms with Crippen molar-refractivity contribution in [2.75, 3.05) is 6.61 Å². The number of benzene rings is 1. The fourth-order valence-electron chi connectivity index (χ4n) is 2.29. The van der Waals surface area contributed by atoms with Gasteiger partial charge in [-0.3, -0.25) is 9.78 Å². The van der Waals surface area contributed by atoms with Gasteiger partial charge in [-0.15, -0.1) is 0 Å². The molecule has 0 aliphatic rings. The van der Waals surface area contributed by atoms with Gasteiger partial charge in [0.15, 0.2) is 6.61 Å². The van der Waals surface area contributed by atoms with Crippen molar-refractivity contribution in [3.63, 3.8) is 0 Å². The molecule has 126 valence electrons. The van der Waals surface area contributed by atoms with Gasteiger partial charge < -0.3 is 9.15 Å². The molecule has 1 aromatic carbocycles. The first-order valence-corrected chi connectivity index (χ1v) is 7.89. The number of aromatic amines is 1. The van der Waals surface area contributed by atoms with Crippen LogP contribution in [0.3, 0.4) is 0 Å². The van der Waals surface area contributed by atoms with E-state index in [0.717, 1.165) is 5.56 Å². The summed E-state index contributed by atoms with van der Waals surface area (Å²) in [4.78, 5) is 30.3. The molecule has 0 bridgehead atoms. The smallest absolute Gasteiger partial charge is 0.337 e. The van der Waals surface area contributed by atoms with Crippen LogP contribution in [-0.2, 0) is 6.42 Å². The number of rotatable bonds is 3. The van der Waals surface area contributed by atoms with E-state index in [1.807, 2.05) is 13.0 Å². The van der Waals surface area contributed by atoms with Gasteiger partial charge >= 0.3 is 11.6 Å². The topological polar surface area (TPSA) is 85.2 Å². The number of halogens is 1. The lowest BCUT2D eigenvalue weighted by atomic mass is 10.1. The molecule has 0 aliphatic carbocycles. The molecule has 0 aliphatic heterocycles. The zero-order chi connectivity index (χ0) is 17.8. The molecule has 0 saturated carbocycles. The minimum absolute atomic E-state index is 0.00133. The van der Waals surface area contributed by atoms with Crippen molar-refractivity contribution in [3.05, 3.63) is 67.3 Å². The molecule has 0 amide bonds. The third-order valence-corrected chi connectivity index (χ3v) is 3.63. The zero-order valence-corrected chi connectivity index (χ0v) is 14.0. The molecule has 3 rings (SSSR count). The van der Waals surface area contributed by atoms with Crippen LogP contribution in [0.25, 0.3) is 11.1 Å². The van der Waals surface area contributed by atoms with E-state index in [0.29, 0.717) is 17.0 Å². The maximum absolute atomic E-state index is 12.2. The lowest BCUT2D eigenvalue weighted by molar-refractivity contribution is 0.337. The van der Waals surface area contributed by atoms with Crippen molar-refractivity contribution in [1.29, 1.82) is 0 Å². The predicted molar refractivity (Wildman–Crippen MR) is 94.1 cm³/mol. The Hall–Kier alpha value is -3.04. The van der Waals surface area contributed by atoms with Gasteiger partial charge in [-0.05, 0) is 30.2 Å². The summed E-state index contributed by atoms with van der Waals surface area (Å²) >= 11 is 5.88. The van der Waals surface area contributed by atoms with Gasteiger partial charge in [0.2, 0.25) is 5.71 Å². The van der Waals surface area contributed by atoms with Gasteiger partial charge in [0.25, 0.3) is 5.56 Å². The van der Waals surface area contributed by atoms with E-state index in [4.69, 9.17) is 20.8 Å². The van der Waals surface area contributed by atoms with Crippen LogP contribution in [0.15, 0.2) is 44.3 Å². The van der Waals surface area contributed by atoms with Gasteiger partial charge in [-0.25, -0.2) is 4.79 Å². The maximum Gasteiger partial charge on any atom is 0.337 e. The van der Waals surface area contributed by atoms with Crippen molar-refractivity contribution in [3.8, 4) is 17.9 Å². The van der Waals surface area contributed by atoms with Crippen LogP contribution in [0.5, 0.6) is 6.01 Å². The third-order valence-electron chi connectivity index (χ3n) is 3.39. The molecule has 2 heterocycles. The van der Waals surface area contributed by atoms with Crippen molar-refractivity contribution in [1.82, 2.24) is 9.97 Å². The zero-order valence-electron chi connectivity index (χ0n) is 13.3. The molecular formula is C18H13ClN2O4. The SMILES string of the molecule is CCc1cc(=O)oc2nc(OCC#Cc3cccc(Cl)c3)[nH]c(=O)c12. The van der Waals surface area contributed by atoms with E-state index < -0.39 is 11.2 Å².